The van der Waals surface area contributed by atoms with Crippen LogP contribution in [0.4, 0.5) is 5.69 Å². The zero-order chi connectivity index (χ0) is 18.6. The first kappa shape index (κ1) is 18.7. The number of carbonyl (C=O) groups excluding carboxylic acids is 1. The number of piperazine rings is 1. The van der Waals surface area contributed by atoms with E-state index in [9.17, 15) is 13.2 Å². The van der Waals surface area contributed by atoms with Gasteiger partial charge >= 0.3 is 0 Å². The van der Waals surface area contributed by atoms with Crippen molar-refractivity contribution in [3.8, 4) is 0 Å². The molecule has 0 unspecified atom stereocenters. The molecule has 1 saturated heterocycles. The van der Waals surface area contributed by atoms with Gasteiger partial charge in [-0.15, -0.1) is 0 Å². The van der Waals surface area contributed by atoms with E-state index in [1.165, 1.54) is 6.07 Å². The number of nitrogens with zero attached hydrogens (tertiary/aromatic N) is 2. The second-order valence-corrected chi connectivity index (χ2v) is 8.69. The van der Waals surface area contributed by atoms with E-state index in [-0.39, 0.29) is 28.0 Å². The van der Waals surface area contributed by atoms with Crippen molar-refractivity contribution < 1.29 is 13.2 Å². The van der Waals surface area contributed by atoms with Crippen LogP contribution in [0.5, 0.6) is 0 Å². The van der Waals surface area contributed by atoms with E-state index in [0.29, 0.717) is 13.1 Å². The number of para-hydroxylation sites is 1. The number of rotatable bonds is 5. The van der Waals surface area contributed by atoms with Crippen LogP contribution < -0.4 is 4.90 Å². The van der Waals surface area contributed by atoms with Crippen molar-refractivity contribution in [2.75, 3.05) is 36.8 Å². The fourth-order valence-electron chi connectivity index (χ4n) is 3.04. The van der Waals surface area contributed by atoms with Gasteiger partial charge in [-0.25, -0.2) is 8.42 Å². The molecule has 26 heavy (non-hydrogen) atoms. The lowest BCUT2D eigenvalue weighted by molar-refractivity contribution is -0.131. The molecule has 0 radical (unpaired) electrons. The van der Waals surface area contributed by atoms with E-state index >= 15 is 0 Å². The summed E-state index contributed by atoms with van der Waals surface area (Å²) < 4.78 is 24.8. The highest BCUT2D eigenvalue weighted by Crippen LogP contribution is 2.22. The molecule has 0 aliphatic carbocycles. The van der Waals surface area contributed by atoms with Crippen LogP contribution in [0.25, 0.3) is 0 Å². The number of benzene rings is 2. The molecule has 1 fully saturated rings. The summed E-state index contributed by atoms with van der Waals surface area (Å²) in [6, 6.07) is 16.4. The standard InChI is InChI=1S/C19H21ClN2O3S/c20-17-8-4-5-9-18(17)26(24,25)15-10-19(23)22-13-11-21(12-14-22)16-6-2-1-3-7-16/h1-9H,10-15H2. The van der Waals surface area contributed by atoms with Crippen molar-refractivity contribution in [1.82, 2.24) is 4.90 Å². The van der Waals surface area contributed by atoms with Crippen molar-refractivity contribution in [3.05, 3.63) is 59.6 Å². The lowest BCUT2D eigenvalue weighted by Crippen LogP contribution is -2.49. The second-order valence-electron chi connectivity index (χ2n) is 6.20. The molecule has 1 aliphatic rings. The monoisotopic (exact) mass is 392 g/mol. The molecule has 0 spiro atoms. The largest absolute Gasteiger partial charge is 0.368 e. The maximum Gasteiger partial charge on any atom is 0.223 e. The minimum absolute atomic E-state index is 0.0289. The Bertz CT molecular complexity index is 863. The number of hydrogen-bond donors (Lipinski definition) is 0. The van der Waals surface area contributed by atoms with E-state index in [4.69, 9.17) is 11.6 Å². The molecular weight excluding hydrogens is 372 g/mol. The van der Waals surface area contributed by atoms with Gasteiger partial charge in [-0.3, -0.25) is 4.79 Å². The van der Waals surface area contributed by atoms with Crippen LogP contribution in [0.3, 0.4) is 0 Å². The van der Waals surface area contributed by atoms with Crippen LogP contribution in [0, 0.1) is 0 Å². The van der Waals surface area contributed by atoms with Crippen molar-refractivity contribution in [3.63, 3.8) is 0 Å². The molecule has 1 amide bonds. The lowest BCUT2D eigenvalue weighted by atomic mass is 10.2. The number of sulfone groups is 1. The minimum atomic E-state index is -3.57. The fraction of sp³-hybridized carbons (Fsp3) is 0.316. The SMILES string of the molecule is O=C(CCS(=O)(=O)c1ccccc1Cl)N1CCN(c2ccccc2)CC1. The molecular formula is C19H21ClN2O3S. The molecule has 1 heterocycles. The molecule has 5 nitrogen and oxygen atoms in total. The topological polar surface area (TPSA) is 57.7 Å². The van der Waals surface area contributed by atoms with Crippen LogP contribution in [0.15, 0.2) is 59.5 Å². The predicted molar refractivity (Wildman–Crippen MR) is 103 cm³/mol. The third kappa shape index (κ3) is 4.37. The highest BCUT2D eigenvalue weighted by molar-refractivity contribution is 7.91. The van der Waals surface area contributed by atoms with Gasteiger partial charge in [0, 0.05) is 38.3 Å². The third-order valence-corrected chi connectivity index (χ3v) is 6.72. The Kier molecular flexibility index (Phi) is 5.84. The fourth-order valence-corrected chi connectivity index (χ4v) is 4.84. The maximum absolute atomic E-state index is 12.4. The van der Waals surface area contributed by atoms with Gasteiger partial charge < -0.3 is 9.80 Å². The Morgan fingerprint density at radius 1 is 0.923 bits per heavy atom. The molecule has 0 N–H and O–H groups in total. The van der Waals surface area contributed by atoms with Gasteiger partial charge in [0.15, 0.2) is 9.84 Å². The summed E-state index contributed by atoms with van der Waals surface area (Å²) in [5, 5.41) is 0.191. The zero-order valence-electron chi connectivity index (χ0n) is 14.3. The Morgan fingerprint density at radius 2 is 1.54 bits per heavy atom. The van der Waals surface area contributed by atoms with Crippen LogP contribution >= 0.6 is 11.6 Å². The normalized spacial score (nSPS) is 15.1. The van der Waals surface area contributed by atoms with E-state index < -0.39 is 9.84 Å². The van der Waals surface area contributed by atoms with Crippen LogP contribution in [0.2, 0.25) is 5.02 Å². The lowest BCUT2D eigenvalue weighted by Gasteiger charge is -2.36. The number of hydrogen-bond acceptors (Lipinski definition) is 4. The van der Waals surface area contributed by atoms with Gasteiger partial charge in [0.2, 0.25) is 5.91 Å². The summed E-state index contributed by atoms with van der Waals surface area (Å²) in [4.78, 5) is 16.5. The first-order chi connectivity index (χ1) is 12.5. The highest BCUT2D eigenvalue weighted by Gasteiger charge is 2.24. The third-order valence-electron chi connectivity index (χ3n) is 4.51. The maximum atomic E-state index is 12.4. The molecule has 138 valence electrons. The summed E-state index contributed by atoms with van der Waals surface area (Å²) in [5.41, 5.74) is 1.14. The zero-order valence-corrected chi connectivity index (χ0v) is 15.9. The Labute approximate surface area is 159 Å². The van der Waals surface area contributed by atoms with E-state index in [1.54, 1.807) is 23.1 Å². The average molecular weight is 393 g/mol. The van der Waals surface area contributed by atoms with Crippen LogP contribution in [-0.2, 0) is 14.6 Å². The summed E-state index contributed by atoms with van der Waals surface area (Å²) in [7, 11) is -3.57. The molecule has 0 bridgehead atoms. The van der Waals surface area contributed by atoms with E-state index in [2.05, 4.69) is 4.90 Å². The van der Waals surface area contributed by atoms with Crippen molar-refractivity contribution in [2.45, 2.75) is 11.3 Å². The molecule has 0 aromatic heterocycles. The summed E-state index contributed by atoms with van der Waals surface area (Å²) in [6.45, 7) is 2.68. The molecule has 0 atom stereocenters. The van der Waals surface area contributed by atoms with Crippen molar-refractivity contribution in [2.24, 2.45) is 0 Å². The smallest absolute Gasteiger partial charge is 0.223 e. The molecule has 1 aliphatic heterocycles. The minimum Gasteiger partial charge on any atom is -0.368 e. The van der Waals surface area contributed by atoms with Crippen LogP contribution in [-0.4, -0.2) is 51.2 Å². The highest BCUT2D eigenvalue weighted by atomic mass is 35.5. The number of anilines is 1. The molecule has 3 rings (SSSR count). The summed E-state index contributed by atoms with van der Waals surface area (Å²) in [6.07, 6.45) is -0.0289. The van der Waals surface area contributed by atoms with Gasteiger partial charge in [-0.05, 0) is 24.3 Å². The first-order valence-electron chi connectivity index (χ1n) is 8.52. The number of amides is 1. The predicted octanol–water partition coefficient (Wildman–Crippen LogP) is 2.85. The summed E-state index contributed by atoms with van der Waals surface area (Å²) >= 11 is 5.97. The van der Waals surface area contributed by atoms with Gasteiger partial charge in [-0.2, -0.15) is 0 Å². The molecule has 2 aromatic rings. The first-order valence-corrected chi connectivity index (χ1v) is 10.6. The van der Waals surface area contributed by atoms with Crippen molar-refractivity contribution >= 4 is 33.0 Å². The van der Waals surface area contributed by atoms with E-state index in [0.717, 1.165) is 18.8 Å². The Morgan fingerprint density at radius 3 is 2.19 bits per heavy atom. The second kappa shape index (κ2) is 8.10. The number of halogens is 1. The molecule has 0 saturated carbocycles. The van der Waals surface area contributed by atoms with Gasteiger partial charge in [0.1, 0.15) is 0 Å². The summed E-state index contributed by atoms with van der Waals surface area (Å²) in [5.74, 6) is -0.359. The van der Waals surface area contributed by atoms with Gasteiger partial charge in [0.25, 0.3) is 0 Å². The van der Waals surface area contributed by atoms with Crippen molar-refractivity contribution in [1.29, 1.82) is 0 Å². The number of carbonyl (C=O) groups is 1. The average Bonchev–Trinajstić information content (AvgIpc) is 2.67. The van der Waals surface area contributed by atoms with Crippen LogP contribution in [0.1, 0.15) is 6.42 Å². The van der Waals surface area contributed by atoms with Gasteiger partial charge in [0.05, 0.1) is 15.7 Å². The van der Waals surface area contributed by atoms with Gasteiger partial charge in [-0.1, -0.05) is 41.9 Å². The Hall–Kier alpha value is -2.05. The molecule has 7 heteroatoms. The Balaban J connectivity index is 1.54. The molecule has 2 aromatic carbocycles. The quantitative estimate of drug-likeness (QED) is 0.785. The van der Waals surface area contributed by atoms with E-state index in [1.807, 2.05) is 30.3 Å².